The van der Waals surface area contributed by atoms with Crippen molar-refractivity contribution in [1.82, 2.24) is 19.9 Å². The van der Waals surface area contributed by atoms with Crippen LogP contribution < -0.4 is 11.1 Å². The van der Waals surface area contributed by atoms with E-state index in [1.165, 1.54) is 12.3 Å². The number of carbonyl (C=O) groups excluding carboxylic acids is 1. The highest BCUT2D eigenvalue weighted by molar-refractivity contribution is 6.30. The molecule has 0 spiro atoms. The molecule has 0 aliphatic carbocycles. The van der Waals surface area contributed by atoms with Gasteiger partial charge in [0, 0.05) is 16.9 Å². The number of nitrogens with zero attached hydrogens (tertiary/aromatic N) is 4. The van der Waals surface area contributed by atoms with Crippen LogP contribution in [0.3, 0.4) is 0 Å². The molecule has 0 aliphatic rings. The number of pyridine rings is 1. The molecule has 9 heteroatoms. The topological polar surface area (TPSA) is 116 Å². The number of halogens is 1. The minimum absolute atomic E-state index is 0.0142. The van der Waals surface area contributed by atoms with Gasteiger partial charge in [0.15, 0.2) is 12.4 Å². The second-order valence-electron chi connectivity index (χ2n) is 4.86. The number of nitrogen functional groups attached to an aromatic ring is 1. The number of nitrogens with one attached hydrogen (secondary N) is 1. The van der Waals surface area contributed by atoms with Gasteiger partial charge in [0.25, 0.3) is 0 Å². The zero-order valence-electron chi connectivity index (χ0n) is 12.9. The maximum atomic E-state index is 12.0. The van der Waals surface area contributed by atoms with E-state index in [4.69, 9.17) is 22.1 Å². The summed E-state index contributed by atoms with van der Waals surface area (Å²) in [6.07, 6.45) is 1.42. The molecule has 0 atom stereocenters. The Bertz CT molecular complexity index is 891. The van der Waals surface area contributed by atoms with Crippen LogP contribution in [0.2, 0.25) is 5.02 Å². The number of esters is 1. The first-order valence-electron chi connectivity index (χ1n) is 7.21. The summed E-state index contributed by atoms with van der Waals surface area (Å²) in [6, 6.07) is 12.3. The van der Waals surface area contributed by atoms with Gasteiger partial charge >= 0.3 is 5.97 Å². The molecule has 1 aromatic carbocycles. The van der Waals surface area contributed by atoms with Gasteiger partial charge in [-0.15, -0.1) is 0 Å². The highest BCUT2D eigenvalue weighted by Crippen LogP contribution is 2.13. The van der Waals surface area contributed by atoms with Gasteiger partial charge in [-0.3, -0.25) is 0 Å². The quantitative estimate of drug-likeness (QED) is 0.670. The van der Waals surface area contributed by atoms with Crippen molar-refractivity contribution in [2.75, 3.05) is 11.1 Å². The number of nitrogens with two attached hydrogens (primary N) is 1. The highest BCUT2D eigenvalue weighted by Gasteiger charge is 2.12. The van der Waals surface area contributed by atoms with Crippen LogP contribution in [0.15, 0.2) is 48.7 Å². The minimum atomic E-state index is -0.640. The lowest BCUT2D eigenvalue weighted by molar-refractivity contribution is 0.0455. The fraction of sp³-hybridized carbons (Fsp3) is 0.0625. The molecule has 0 aliphatic heterocycles. The molecule has 0 unspecified atom stereocenters. The predicted molar refractivity (Wildman–Crippen MR) is 92.3 cm³/mol. The number of aromatic nitrogens is 4. The summed E-state index contributed by atoms with van der Waals surface area (Å²) in [5.74, 6) is -0.161. The van der Waals surface area contributed by atoms with E-state index in [-0.39, 0.29) is 30.0 Å². The average Bonchev–Trinajstić information content (AvgIpc) is 2.60. The Balaban J connectivity index is 1.69. The molecule has 25 heavy (non-hydrogen) atoms. The molecule has 2 aromatic heterocycles. The Kier molecular flexibility index (Phi) is 5.00. The molecule has 3 aromatic rings. The molecule has 3 N–H and O–H groups in total. The second kappa shape index (κ2) is 7.54. The molecule has 8 nitrogen and oxygen atoms in total. The van der Waals surface area contributed by atoms with E-state index < -0.39 is 5.97 Å². The smallest absolute Gasteiger partial charge is 0.357 e. The normalized spacial score (nSPS) is 10.3. The van der Waals surface area contributed by atoms with Crippen molar-refractivity contribution in [1.29, 1.82) is 0 Å². The van der Waals surface area contributed by atoms with Crippen LogP contribution >= 0.6 is 11.6 Å². The molecule has 0 saturated carbocycles. The van der Waals surface area contributed by atoms with Gasteiger partial charge in [0.05, 0.1) is 0 Å². The van der Waals surface area contributed by atoms with E-state index in [2.05, 4.69) is 25.3 Å². The zero-order valence-corrected chi connectivity index (χ0v) is 13.6. The summed E-state index contributed by atoms with van der Waals surface area (Å²) in [5.41, 5.74) is 6.56. The zero-order chi connectivity index (χ0) is 17.6. The lowest BCUT2D eigenvalue weighted by Gasteiger charge is -2.08. The number of rotatable bonds is 5. The summed E-state index contributed by atoms with van der Waals surface area (Å²) >= 11 is 5.82. The summed E-state index contributed by atoms with van der Waals surface area (Å²) < 4.78 is 5.13. The first-order chi connectivity index (χ1) is 12.1. The number of anilines is 3. The molecule has 0 radical (unpaired) electrons. The molecule has 0 fully saturated rings. The second-order valence-corrected chi connectivity index (χ2v) is 5.30. The number of ether oxygens (including phenoxy) is 1. The molecule has 0 bridgehead atoms. The summed E-state index contributed by atoms with van der Waals surface area (Å²) in [6.45, 7) is -0.177. The molecule has 126 valence electrons. The third-order valence-electron chi connectivity index (χ3n) is 2.99. The predicted octanol–water partition coefficient (Wildman–Crippen LogP) is 2.60. The van der Waals surface area contributed by atoms with E-state index in [1.807, 2.05) is 30.3 Å². The van der Waals surface area contributed by atoms with Crippen molar-refractivity contribution in [3.8, 4) is 0 Å². The third-order valence-corrected chi connectivity index (χ3v) is 3.23. The van der Waals surface area contributed by atoms with E-state index in [1.54, 1.807) is 6.07 Å². The van der Waals surface area contributed by atoms with Crippen LogP contribution in [0.1, 0.15) is 16.3 Å². The maximum absolute atomic E-state index is 12.0. The Morgan fingerprint density at radius 3 is 2.72 bits per heavy atom. The van der Waals surface area contributed by atoms with Gasteiger partial charge in [-0.25, -0.2) is 9.78 Å². The summed E-state index contributed by atoms with van der Waals surface area (Å²) in [5, 5.41) is 3.39. The maximum Gasteiger partial charge on any atom is 0.357 e. The van der Waals surface area contributed by atoms with Crippen LogP contribution in [-0.4, -0.2) is 25.9 Å². The van der Waals surface area contributed by atoms with Gasteiger partial charge in [0.2, 0.25) is 11.9 Å². The number of hydrogen-bond acceptors (Lipinski definition) is 8. The Hall–Kier alpha value is -3.26. The van der Waals surface area contributed by atoms with Crippen molar-refractivity contribution in [2.24, 2.45) is 0 Å². The van der Waals surface area contributed by atoms with Crippen LogP contribution in [0.25, 0.3) is 0 Å². The van der Waals surface area contributed by atoms with E-state index in [9.17, 15) is 4.79 Å². The van der Waals surface area contributed by atoms with Crippen molar-refractivity contribution in [3.63, 3.8) is 0 Å². The number of carbonyl (C=O) groups is 1. The van der Waals surface area contributed by atoms with E-state index in [0.717, 1.165) is 5.69 Å². The minimum Gasteiger partial charge on any atom is -0.453 e. The van der Waals surface area contributed by atoms with E-state index in [0.29, 0.717) is 5.02 Å². The fourth-order valence-electron chi connectivity index (χ4n) is 1.93. The molecular weight excluding hydrogens is 344 g/mol. The van der Waals surface area contributed by atoms with Crippen molar-refractivity contribution in [2.45, 2.75) is 6.61 Å². The summed E-state index contributed by atoms with van der Waals surface area (Å²) in [4.78, 5) is 28.0. The molecule has 3 rings (SSSR count). The van der Waals surface area contributed by atoms with Crippen LogP contribution in [0, 0.1) is 0 Å². The molecule has 0 amide bonds. The van der Waals surface area contributed by atoms with Crippen LogP contribution in [0.4, 0.5) is 17.6 Å². The van der Waals surface area contributed by atoms with Gasteiger partial charge < -0.3 is 15.8 Å². The van der Waals surface area contributed by atoms with Gasteiger partial charge in [-0.2, -0.15) is 15.0 Å². The monoisotopic (exact) mass is 356 g/mol. The van der Waals surface area contributed by atoms with Crippen LogP contribution in [0.5, 0.6) is 0 Å². The molecular formula is C16H13ClN6O2. The Morgan fingerprint density at radius 2 is 1.96 bits per heavy atom. The largest absolute Gasteiger partial charge is 0.453 e. The highest BCUT2D eigenvalue weighted by atomic mass is 35.5. The van der Waals surface area contributed by atoms with Crippen molar-refractivity contribution in [3.05, 3.63) is 65.2 Å². The van der Waals surface area contributed by atoms with Crippen LogP contribution in [-0.2, 0) is 11.3 Å². The standard InChI is InChI=1S/C16H13ClN6O2/c17-10-6-7-19-12(8-10)14(24)25-9-13-21-15(18)23-16(22-13)20-11-4-2-1-3-5-11/h1-8H,9H2,(H3,18,20,21,22,23). The first kappa shape index (κ1) is 16.6. The van der Waals surface area contributed by atoms with Gasteiger partial charge in [0.1, 0.15) is 5.69 Å². The van der Waals surface area contributed by atoms with E-state index >= 15 is 0 Å². The lowest BCUT2D eigenvalue weighted by atomic mass is 10.3. The molecule has 0 saturated heterocycles. The summed E-state index contributed by atoms with van der Waals surface area (Å²) in [7, 11) is 0. The van der Waals surface area contributed by atoms with Crippen molar-refractivity contribution >= 4 is 35.2 Å². The fourth-order valence-corrected chi connectivity index (χ4v) is 2.09. The van der Waals surface area contributed by atoms with Gasteiger partial charge in [-0.05, 0) is 24.3 Å². The Labute approximate surface area is 148 Å². The number of para-hydroxylation sites is 1. The Morgan fingerprint density at radius 1 is 1.16 bits per heavy atom. The van der Waals surface area contributed by atoms with Gasteiger partial charge in [-0.1, -0.05) is 29.8 Å². The average molecular weight is 357 g/mol. The SMILES string of the molecule is Nc1nc(COC(=O)c2cc(Cl)ccn2)nc(Nc2ccccc2)n1. The number of benzene rings is 1. The van der Waals surface area contributed by atoms with Crippen molar-refractivity contribution < 1.29 is 9.53 Å². The third kappa shape index (κ3) is 4.61. The number of hydrogen-bond donors (Lipinski definition) is 2. The first-order valence-corrected chi connectivity index (χ1v) is 7.59. The lowest BCUT2D eigenvalue weighted by Crippen LogP contribution is -2.12. The molecule has 2 heterocycles.